The Morgan fingerprint density at radius 2 is 2.33 bits per heavy atom. The van der Waals surface area contributed by atoms with Crippen molar-refractivity contribution >= 4 is 21.2 Å². The molecule has 0 bridgehead atoms. The van der Waals surface area contributed by atoms with Crippen LogP contribution >= 0.6 is 11.3 Å². The minimum Gasteiger partial charge on any atom is -0.313 e. The lowest BCUT2D eigenvalue weighted by atomic mass is 10.1. The second kappa shape index (κ2) is 4.15. The van der Waals surface area contributed by atoms with Gasteiger partial charge < -0.3 is 5.32 Å². The highest BCUT2D eigenvalue weighted by atomic mass is 32.2. The smallest absolute Gasteiger partial charge is 0.151 e. The first-order valence-corrected chi connectivity index (χ1v) is 7.42. The van der Waals surface area contributed by atoms with E-state index in [1.165, 1.54) is 11.3 Å². The second-order valence-electron chi connectivity index (χ2n) is 3.66. The Bertz CT molecular complexity index is 440. The molecule has 1 unspecified atom stereocenters. The minimum atomic E-state index is -2.82. The lowest BCUT2D eigenvalue weighted by Gasteiger charge is -1.99. The first-order valence-electron chi connectivity index (χ1n) is 4.78. The van der Waals surface area contributed by atoms with Crippen LogP contribution in [0.1, 0.15) is 22.4 Å². The number of hydrogen-bond donors (Lipinski definition) is 1. The van der Waals surface area contributed by atoms with E-state index in [1.807, 2.05) is 7.05 Å². The van der Waals surface area contributed by atoms with Gasteiger partial charge in [0.1, 0.15) is 10.0 Å². The van der Waals surface area contributed by atoms with E-state index in [0.29, 0.717) is 18.7 Å². The molecule has 1 aromatic heterocycles. The molecule has 5 nitrogen and oxygen atoms in total. The molecule has 1 aliphatic heterocycles. The number of rotatable bonds is 3. The molecule has 0 amide bonds. The number of aromatic nitrogens is 2. The van der Waals surface area contributed by atoms with E-state index in [9.17, 15) is 8.42 Å². The summed E-state index contributed by atoms with van der Waals surface area (Å²) in [5.41, 5.74) is 0. The highest BCUT2D eigenvalue weighted by Crippen LogP contribution is 2.30. The summed E-state index contributed by atoms with van der Waals surface area (Å²) >= 11 is 1.51. The van der Waals surface area contributed by atoms with Gasteiger partial charge in [0.2, 0.25) is 0 Å². The highest BCUT2D eigenvalue weighted by molar-refractivity contribution is 7.91. The molecule has 2 rings (SSSR count). The summed E-state index contributed by atoms with van der Waals surface area (Å²) < 4.78 is 22.6. The number of sulfone groups is 1. The zero-order valence-corrected chi connectivity index (χ0v) is 10.1. The fourth-order valence-corrected chi connectivity index (χ4v) is 4.49. The van der Waals surface area contributed by atoms with Crippen LogP contribution in [-0.2, 0) is 16.4 Å². The van der Waals surface area contributed by atoms with E-state index in [1.54, 1.807) is 0 Å². The summed E-state index contributed by atoms with van der Waals surface area (Å²) in [5.74, 6) is 0.595. The molecular formula is C8H13N3O2S2. The summed E-state index contributed by atoms with van der Waals surface area (Å²) in [6, 6.07) is 0. The predicted octanol–water partition coefficient (Wildman–Crippen LogP) is 0.160. The normalized spacial score (nSPS) is 24.5. The number of hydrogen-bond acceptors (Lipinski definition) is 6. The van der Waals surface area contributed by atoms with Crippen LogP contribution in [-0.4, -0.2) is 37.2 Å². The Labute approximate surface area is 92.8 Å². The molecule has 7 heteroatoms. The fraction of sp³-hybridized carbons (Fsp3) is 0.750. The van der Waals surface area contributed by atoms with Crippen molar-refractivity contribution in [3.05, 3.63) is 10.0 Å². The maximum atomic E-state index is 11.3. The van der Waals surface area contributed by atoms with Crippen molar-refractivity contribution in [2.45, 2.75) is 18.9 Å². The largest absolute Gasteiger partial charge is 0.313 e. The third-order valence-electron chi connectivity index (χ3n) is 2.39. The molecule has 1 saturated heterocycles. The molecular weight excluding hydrogens is 234 g/mol. The molecule has 84 valence electrons. The van der Waals surface area contributed by atoms with Gasteiger partial charge in [-0.05, 0) is 13.5 Å². The summed E-state index contributed by atoms with van der Waals surface area (Å²) in [6.45, 7) is 0.692. The number of nitrogens with zero attached hydrogens (tertiary/aromatic N) is 2. The molecule has 0 aromatic carbocycles. The van der Waals surface area contributed by atoms with Crippen LogP contribution in [0.25, 0.3) is 0 Å². The van der Waals surface area contributed by atoms with E-state index in [-0.39, 0.29) is 11.7 Å². The van der Waals surface area contributed by atoms with Crippen LogP contribution in [0.4, 0.5) is 0 Å². The molecule has 15 heavy (non-hydrogen) atoms. The molecule has 0 radical (unpaired) electrons. The van der Waals surface area contributed by atoms with Gasteiger partial charge in [0, 0.05) is 12.5 Å². The Hall–Kier alpha value is -0.530. The molecule has 1 N–H and O–H groups in total. The summed E-state index contributed by atoms with van der Waals surface area (Å²) in [5, 5.41) is 12.8. The van der Waals surface area contributed by atoms with Crippen molar-refractivity contribution < 1.29 is 8.42 Å². The SMILES string of the molecule is CNCc1nnc(C2CCS(=O)(=O)C2)s1. The van der Waals surface area contributed by atoms with Gasteiger partial charge in [-0.1, -0.05) is 11.3 Å². The van der Waals surface area contributed by atoms with Crippen molar-refractivity contribution in [3.63, 3.8) is 0 Å². The van der Waals surface area contributed by atoms with E-state index in [4.69, 9.17) is 0 Å². The van der Waals surface area contributed by atoms with Crippen molar-refractivity contribution in [1.82, 2.24) is 15.5 Å². The second-order valence-corrected chi connectivity index (χ2v) is 6.99. The Balaban J connectivity index is 2.10. The van der Waals surface area contributed by atoms with Crippen LogP contribution in [0.15, 0.2) is 0 Å². The molecule has 0 aliphatic carbocycles. The van der Waals surface area contributed by atoms with Gasteiger partial charge >= 0.3 is 0 Å². The van der Waals surface area contributed by atoms with Crippen LogP contribution < -0.4 is 5.32 Å². The molecule has 0 spiro atoms. The van der Waals surface area contributed by atoms with Crippen molar-refractivity contribution in [1.29, 1.82) is 0 Å². The molecule has 0 saturated carbocycles. The molecule has 1 aromatic rings. The van der Waals surface area contributed by atoms with Crippen LogP contribution in [0.2, 0.25) is 0 Å². The lowest BCUT2D eigenvalue weighted by Crippen LogP contribution is -2.04. The van der Waals surface area contributed by atoms with E-state index >= 15 is 0 Å². The average molecular weight is 247 g/mol. The first kappa shape index (κ1) is 11.0. The predicted molar refractivity (Wildman–Crippen MR) is 58.7 cm³/mol. The first-order chi connectivity index (χ1) is 7.11. The standard InChI is InChI=1S/C8H13N3O2S2/c1-9-4-7-10-11-8(14-7)6-2-3-15(12,13)5-6/h6,9H,2-5H2,1H3. The van der Waals surface area contributed by atoms with Crippen molar-refractivity contribution in [2.75, 3.05) is 18.6 Å². The van der Waals surface area contributed by atoms with Crippen molar-refractivity contribution in [3.8, 4) is 0 Å². The summed E-state index contributed by atoms with van der Waals surface area (Å²) in [6.07, 6.45) is 0.691. The van der Waals surface area contributed by atoms with Crippen molar-refractivity contribution in [2.24, 2.45) is 0 Å². The fourth-order valence-electron chi connectivity index (χ4n) is 1.64. The van der Waals surface area contributed by atoms with E-state index in [2.05, 4.69) is 15.5 Å². The Kier molecular flexibility index (Phi) is 3.03. The third-order valence-corrected chi connectivity index (χ3v) is 5.25. The summed E-state index contributed by atoms with van der Waals surface area (Å²) in [4.78, 5) is 0. The van der Waals surface area contributed by atoms with Gasteiger partial charge in [0.15, 0.2) is 9.84 Å². The van der Waals surface area contributed by atoms with E-state index in [0.717, 1.165) is 10.0 Å². The average Bonchev–Trinajstić information content (AvgIpc) is 2.73. The van der Waals surface area contributed by atoms with Crippen LogP contribution in [0.3, 0.4) is 0 Å². The van der Waals surface area contributed by atoms with Gasteiger partial charge in [-0.2, -0.15) is 0 Å². The highest BCUT2D eigenvalue weighted by Gasteiger charge is 2.31. The molecule has 1 atom stereocenters. The zero-order chi connectivity index (χ0) is 10.9. The van der Waals surface area contributed by atoms with Gasteiger partial charge in [-0.25, -0.2) is 8.42 Å². The van der Waals surface area contributed by atoms with Crippen LogP contribution in [0.5, 0.6) is 0 Å². The topological polar surface area (TPSA) is 72.0 Å². The Morgan fingerprint density at radius 3 is 2.93 bits per heavy atom. The number of nitrogens with one attached hydrogen (secondary N) is 1. The van der Waals surface area contributed by atoms with Gasteiger partial charge in [0.05, 0.1) is 11.5 Å². The molecule has 1 fully saturated rings. The maximum Gasteiger partial charge on any atom is 0.151 e. The monoisotopic (exact) mass is 247 g/mol. The van der Waals surface area contributed by atoms with Crippen LogP contribution in [0, 0.1) is 0 Å². The van der Waals surface area contributed by atoms with Gasteiger partial charge in [-0.3, -0.25) is 0 Å². The third kappa shape index (κ3) is 2.53. The molecule has 2 heterocycles. The zero-order valence-electron chi connectivity index (χ0n) is 8.43. The van der Waals surface area contributed by atoms with E-state index < -0.39 is 9.84 Å². The summed E-state index contributed by atoms with van der Waals surface area (Å²) in [7, 11) is -0.975. The minimum absolute atomic E-state index is 0.0677. The quantitative estimate of drug-likeness (QED) is 0.823. The van der Waals surface area contributed by atoms with Gasteiger partial charge in [-0.15, -0.1) is 10.2 Å². The van der Waals surface area contributed by atoms with Gasteiger partial charge in [0.25, 0.3) is 0 Å². The molecule has 1 aliphatic rings. The maximum absolute atomic E-state index is 11.3. The lowest BCUT2D eigenvalue weighted by molar-refractivity contribution is 0.601. The Morgan fingerprint density at radius 1 is 1.53 bits per heavy atom.